The van der Waals surface area contributed by atoms with E-state index in [0.29, 0.717) is 0 Å². The van der Waals surface area contributed by atoms with E-state index in [1.165, 1.54) is 0 Å². The fourth-order valence-electron chi connectivity index (χ4n) is 2.00. The first-order valence-corrected chi connectivity index (χ1v) is 7.69. The molecule has 0 aromatic heterocycles. The van der Waals surface area contributed by atoms with Gasteiger partial charge in [-0.3, -0.25) is 9.56 Å². The third-order valence-electron chi connectivity index (χ3n) is 3.02. The topological polar surface area (TPSA) is 152 Å². The van der Waals surface area contributed by atoms with Gasteiger partial charge in [0, 0.05) is 7.11 Å². The fourth-order valence-corrected chi connectivity index (χ4v) is 2.91. The van der Waals surface area contributed by atoms with Crippen LogP contribution in [0.1, 0.15) is 6.92 Å². The largest absolute Gasteiger partial charge is 1.00 e. The minimum absolute atomic E-state index is 0. The zero-order valence-corrected chi connectivity index (χ0v) is 15.0. The van der Waals surface area contributed by atoms with E-state index in [0.717, 1.165) is 14.0 Å². The van der Waals surface area contributed by atoms with Crippen LogP contribution >= 0.6 is 7.60 Å². The third kappa shape index (κ3) is 5.87. The molecule has 1 unspecified atom stereocenters. The molecule has 0 saturated carbocycles. The standard InChI is InChI=1S/C10H20NO8P.Na/c1-5(13)11-8-7(4-20(16,17)18-2)19-6(3-12)9(14)10(8)15;/h6-10,12,14-15H,3-4H2,1-2H3,(H,11,13)(H,16,17);/q;+1/p-1/t6-,7-,8-,9-,10-;/m1./s1. The average Bonchev–Trinajstić information content (AvgIpc) is 2.37. The Morgan fingerprint density at radius 1 is 1.38 bits per heavy atom. The van der Waals surface area contributed by atoms with Crippen molar-refractivity contribution in [2.75, 3.05) is 19.9 Å². The van der Waals surface area contributed by atoms with Crippen molar-refractivity contribution >= 4 is 13.5 Å². The van der Waals surface area contributed by atoms with Crippen LogP contribution in [0, 0.1) is 0 Å². The van der Waals surface area contributed by atoms with Gasteiger partial charge in [-0.2, -0.15) is 0 Å². The van der Waals surface area contributed by atoms with Crippen LogP contribution in [0.25, 0.3) is 0 Å². The summed E-state index contributed by atoms with van der Waals surface area (Å²) in [4.78, 5) is 13.1. The molecular weight excluding hydrogens is 316 g/mol. The van der Waals surface area contributed by atoms with Crippen molar-refractivity contribution in [3.8, 4) is 0 Å². The summed E-state index contributed by atoms with van der Waals surface area (Å²) in [7, 11) is -2.94. The van der Waals surface area contributed by atoms with Gasteiger partial charge in [0.05, 0.1) is 18.9 Å². The van der Waals surface area contributed by atoms with Crippen molar-refractivity contribution in [3.63, 3.8) is 0 Å². The number of hydrogen-bond acceptors (Lipinski definition) is 8. The number of hydrogen-bond donors (Lipinski definition) is 4. The van der Waals surface area contributed by atoms with E-state index in [1.54, 1.807) is 0 Å². The zero-order chi connectivity index (χ0) is 15.5. The molecule has 21 heavy (non-hydrogen) atoms. The summed E-state index contributed by atoms with van der Waals surface area (Å²) in [5.41, 5.74) is 0. The Morgan fingerprint density at radius 3 is 2.38 bits per heavy atom. The van der Waals surface area contributed by atoms with Gasteiger partial charge in [-0.05, 0) is 12.8 Å². The average molecular weight is 335 g/mol. The summed E-state index contributed by atoms with van der Waals surface area (Å²) in [6.07, 6.45) is -5.74. The van der Waals surface area contributed by atoms with Gasteiger partial charge in [-0.1, -0.05) is 0 Å². The number of aliphatic imine (C=N–C) groups is 1. The molecule has 1 heterocycles. The van der Waals surface area contributed by atoms with E-state index < -0.39 is 56.7 Å². The molecule has 6 atom stereocenters. The summed E-state index contributed by atoms with van der Waals surface area (Å²) in [6.45, 7) is 0.549. The Balaban J connectivity index is 0.00000400. The monoisotopic (exact) mass is 335 g/mol. The van der Waals surface area contributed by atoms with Gasteiger partial charge < -0.3 is 34.6 Å². The summed E-state index contributed by atoms with van der Waals surface area (Å²) in [5.74, 6) is -0.623. The summed E-state index contributed by atoms with van der Waals surface area (Å²) >= 11 is 0. The smallest absolute Gasteiger partial charge is 0.862 e. The van der Waals surface area contributed by atoms with Gasteiger partial charge >= 0.3 is 37.2 Å². The molecule has 0 aliphatic carbocycles. The Bertz CT molecular complexity index is 405. The minimum atomic E-state index is -3.98. The van der Waals surface area contributed by atoms with Crippen molar-refractivity contribution in [1.82, 2.24) is 0 Å². The first-order valence-electron chi connectivity index (χ1n) is 5.93. The maximum atomic E-state index is 11.6. The van der Waals surface area contributed by atoms with Crippen LogP contribution in [-0.4, -0.2) is 76.4 Å². The SMILES string of the molecule is COP(=O)(O)C[C@H]1O[C@H](CO)[C@@H](O)[C@H](O)[C@@H]1N=C(C)[O-].[Na+]. The molecule has 1 rings (SSSR count). The van der Waals surface area contributed by atoms with Crippen molar-refractivity contribution < 1.29 is 68.7 Å². The van der Waals surface area contributed by atoms with Crippen LogP contribution in [-0.2, 0) is 13.8 Å². The Labute approximate surface area is 144 Å². The van der Waals surface area contributed by atoms with E-state index in [1.807, 2.05) is 0 Å². The molecule has 0 spiro atoms. The minimum Gasteiger partial charge on any atom is -0.862 e. The summed E-state index contributed by atoms with van der Waals surface area (Å²) in [6, 6.07) is -1.21. The van der Waals surface area contributed by atoms with Gasteiger partial charge in [0.15, 0.2) is 0 Å². The second kappa shape index (κ2) is 8.93. The third-order valence-corrected chi connectivity index (χ3v) is 4.41. The second-order valence-electron chi connectivity index (χ2n) is 4.52. The van der Waals surface area contributed by atoms with Gasteiger partial charge in [-0.15, -0.1) is 0 Å². The molecule has 0 aromatic carbocycles. The molecule has 1 aliphatic heterocycles. The normalized spacial score (nSPS) is 36.7. The maximum Gasteiger partial charge on any atom is 1.00 e. The van der Waals surface area contributed by atoms with Gasteiger partial charge in [0.1, 0.15) is 24.4 Å². The van der Waals surface area contributed by atoms with Crippen molar-refractivity contribution in [3.05, 3.63) is 0 Å². The molecule has 1 fully saturated rings. The van der Waals surface area contributed by atoms with Crippen LogP contribution in [0.2, 0.25) is 0 Å². The molecule has 11 heteroatoms. The molecular formula is C10H19NNaO8P. The van der Waals surface area contributed by atoms with Crippen LogP contribution in [0.4, 0.5) is 0 Å². The predicted octanol–water partition coefficient (Wildman–Crippen LogP) is -5.55. The van der Waals surface area contributed by atoms with Gasteiger partial charge in [0.25, 0.3) is 0 Å². The molecule has 0 radical (unpaired) electrons. The molecule has 1 aliphatic rings. The zero-order valence-electron chi connectivity index (χ0n) is 12.1. The Kier molecular flexibility index (Phi) is 9.12. The van der Waals surface area contributed by atoms with E-state index in [-0.39, 0.29) is 29.6 Å². The molecule has 4 N–H and O–H groups in total. The van der Waals surface area contributed by atoms with Crippen molar-refractivity contribution in [2.24, 2.45) is 4.99 Å². The van der Waals surface area contributed by atoms with E-state index in [4.69, 9.17) is 9.84 Å². The van der Waals surface area contributed by atoms with Crippen molar-refractivity contribution in [1.29, 1.82) is 0 Å². The van der Waals surface area contributed by atoms with Gasteiger partial charge in [-0.25, -0.2) is 0 Å². The maximum absolute atomic E-state index is 11.6. The molecule has 9 nitrogen and oxygen atoms in total. The van der Waals surface area contributed by atoms with Crippen LogP contribution in [0.15, 0.2) is 4.99 Å². The molecule has 118 valence electrons. The summed E-state index contributed by atoms with van der Waals surface area (Å²) in [5, 5.41) is 39.8. The van der Waals surface area contributed by atoms with E-state index in [9.17, 15) is 24.8 Å². The quantitative estimate of drug-likeness (QED) is 0.168. The van der Waals surface area contributed by atoms with Crippen LogP contribution in [0.3, 0.4) is 0 Å². The number of ether oxygens (including phenoxy) is 1. The summed E-state index contributed by atoms with van der Waals surface area (Å²) < 4.78 is 21.3. The number of nitrogens with zero attached hydrogens (tertiary/aromatic N) is 1. The number of aliphatic hydroxyl groups excluding tert-OH is 3. The number of aliphatic hydroxyl groups is 3. The van der Waals surface area contributed by atoms with E-state index >= 15 is 0 Å². The molecule has 1 saturated heterocycles. The molecule has 0 aromatic rings. The molecule has 0 bridgehead atoms. The number of rotatable bonds is 5. The van der Waals surface area contributed by atoms with Crippen molar-refractivity contribution in [2.45, 2.75) is 37.4 Å². The predicted molar refractivity (Wildman–Crippen MR) is 66.4 cm³/mol. The first-order chi connectivity index (χ1) is 9.21. The molecule has 0 amide bonds. The Hall–Kier alpha value is 0.460. The van der Waals surface area contributed by atoms with Crippen LogP contribution < -0.4 is 34.7 Å². The second-order valence-corrected chi connectivity index (χ2v) is 6.52. The fraction of sp³-hybridized carbons (Fsp3) is 0.900. The first kappa shape index (κ1) is 21.5. The Morgan fingerprint density at radius 2 is 1.95 bits per heavy atom. The van der Waals surface area contributed by atoms with E-state index in [2.05, 4.69) is 9.52 Å². The van der Waals surface area contributed by atoms with Crippen LogP contribution in [0.5, 0.6) is 0 Å². The van der Waals surface area contributed by atoms with Gasteiger partial charge in [0.2, 0.25) is 0 Å².